The molecule has 1 heterocycles. The van der Waals surface area contributed by atoms with Crippen molar-refractivity contribution in [1.29, 1.82) is 0 Å². The van der Waals surface area contributed by atoms with E-state index in [9.17, 15) is 26.8 Å². The van der Waals surface area contributed by atoms with Crippen molar-refractivity contribution < 1.29 is 45.6 Å². The summed E-state index contributed by atoms with van der Waals surface area (Å²) >= 11 is 0. The monoisotopic (exact) mass is 645 g/mol. The van der Waals surface area contributed by atoms with Gasteiger partial charge in [-0.25, -0.2) is 0 Å². The van der Waals surface area contributed by atoms with Crippen molar-refractivity contribution in [2.24, 2.45) is 34.5 Å². The average molecular weight is 646 g/mol. The second kappa shape index (κ2) is 12.2. The van der Waals surface area contributed by atoms with Gasteiger partial charge in [0.05, 0.1) is 25.2 Å². The molecule has 1 aliphatic heterocycles. The van der Waals surface area contributed by atoms with E-state index in [0.717, 1.165) is 36.5 Å². The molecule has 4 saturated carbocycles. The average Bonchev–Trinajstić information content (AvgIpc) is 2.94. The van der Waals surface area contributed by atoms with Gasteiger partial charge < -0.3 is 14.2 Å². The third kappa shape index (κ3) is 6.63. The van der Waals surface area contributed by atoms with Crippen LogP contribution in [0.2, 0.25) is 0 Å². The minimum atomic E-state index is -5.68. The van der Waals surface area contributed by atoms with Crippen LogP contribution in [-0.2, 0) is 35.3 Å². The highest BCUT2D eigenvalue weighted by molar-refractivity contribution is 7.98. The lowest BCUT2D eigenvalue weighted by Crippen LogP contribution is -2.56. The van der Waals surface area contributed by atoms with Crippen molar-refractivity contribution in [2.75, 3.05) is 37.9 Å². The molecule has 43 heavy (non-hydrogen) atoms. The van der Waals surface area contributed by atoms with Crippen LogP contribution in [0.25, 0.3) is 0 Å². The Morgan fingerprint density at radius 1 is 1.09 bits per heavy atom. The molecule has 3 atom stereocenters. The molecule has 8 nitrogen and oxygen atoms in total. The summed E-state index contributed by atoms with van der Waals surface area (Å²) in [5, 5.41) is -4.74. The zero-order valence-electron chi connectivity index (χ0n) is 25.1. The molecule has 1 N–H and O–H groups in total. The largest absolute Gasteiger partial charge is 0.494 e. The highest BCUT2D eigenvalue weighted by Gasteiger charge is 2.61. The number of hydrogen-bond donors (Lipinski definition) is 1. The molecule has 6 rings (SSSR count). The number of halogens is 2. The molecule has 12 heteroatoms. The predicted molar refractivity (Wildman–Crippen MR) is 159 cm³/mol. The molecular weight excluding hydrogens is 602 g/mol. The third-order valence-corrected chi connectivity index (χ3v) is 13.9. The molecule has 240 valence electrons. The molecule has 4 bridgehead atoms. The molecule has 0 radical (unpaired) electrons. The van der Waals surface area contributed by atoms with Crippen molar-refractivity contribution >= 4 is 32.8 Å². The van der Waals surface area contributed by atoms with Gasteiger partial charge >= 0.3 is 21.3 Å². The molecular formula is C31H43F2O8S2+. The fraction of sp³-hybridized carbons (Fsp3) is 0.742. The minimum Gasteiger partial charge on any atom is -0.494 e. The van der Waals surface area contributed by atoms with E-state index >= 15 is 0 Å². The van der Waals surface area contributed by atoms with E-state index < -0.39 is 33.4 Å². The summed E-state index contributed by atoms with van der Waals surface area (Å²) in [5.41, 5.74) is -0.567. The molecule has 0 spiro atoms. The normalized spacial score (nSPS) is 30.2. The van der Waals surface area contributed by atoms with Gasteiger partial charge in [0.25, 0.3) is 0 Å². The van der Waals surface area contributed by atoms with E-state index in [-0.39, 0.29) is 51.0 Å². The molecule has 1 saturated heterocycles. The standard InChI is InChI=1S/C31H42F2O8S2/c1-4-40-24-7-5-21(6-8-24)26(34)27(42-11-9-39-10-12-42)29(2,3)18-25-22-13-20-14-23(25)17-30(15-20,16-22)28(35)41-19-31(32,33)43(36,37)38/h5-8,20,22-23,25,27H,4,9-19H2,1-3H3/p+1. The van der Waals surface area contributed by atoms with Crippen molar-refractivity contribution in [3.8, 4) is 5.75 Å². The van der Waals surface area contributed by atoms with Crippen LogP contribution in [0.5, 0.6) is 5.75 Å². The van der Waals surface area contributed by atoms with Crippen LogP contribution in [0.1, 0.15) is 69.7 Å². The Hall–Kier alpha value is -1.76. The van der Waals surface area contributed by atoms with Crippen LogP contribution in [0.15, 0.2) is 24.3 Å². The zero-order chi connectivity index (χ0) is 31.2. The van der Waals surface area contributed by atoms with Gasteiger partial charge in [0, 0.05) is 21.9 Å². The third-order valence-electron chi connectivity index (χ3n) is 10.1. The summed E-state index contributed by atoms with van der Waals surface area (Å²) in [4.78, 5) is 27.4. The number of Topliss-reactive ketones (excluding diaryl/α,β-unsaturated/α-hetero) is 1. The summed E-state index contributed by atoms with van der Waals surface area (Å²) < 4.78 is 74.6. The Morgan fingerprint density at radius 2 is 1.70 bits per heavy atom. The quantitative estimate of drug-likeness (QED) is 0.143. The highest BCUT2D eigenvalue weighted by atomic mass is 32.2. The topological polar surface area (TPSA) is 116 Å². The molecule has 5 aliphatic rings. The first kappa shape index (κ1) is 32.6. The van der Waals surface area contributed by atoms with E-state index in [4.69, 9.17) is 18.8 Å². The summed E-state index contributed by atoms with van der Waals surface area (Å²) in [6.45, 7) is 6.45. The Balaban J connectivity index is 1.33. The SMILES string of the molecule is CCOc1ccc(C(=O)C([S+]2CCOCC2)C(C)(C)CC2C3CC4CC2CC(C(=O)OCC(F)(F)S(=O)(=O)O)(C4)C3)cc1. The molecule has 3 unspecified atom stereocenters. The van der Waals surface area contributed by atoms with Crippen LogP contribution >= 0.6 is 0 Å². The smallest absolute Gasteiger partial charge is 0.402 e. The van der Waals surface area contributed by atoms with Gasteiger partial charge in [-0.15, -0.1) is 0 Å². The number of carbonyl (C=O) groups is 2. The number of carbonyl (C=O) groups excluding carboxylic acids is 2. The van der Waals surface area contributed by atoms with E-state index in [0.29, 0.717) is 44.6 Å². The first-order chi connectivity index (χ1) is 20.2. The van der Waals surface area contributed by atoms with Crippen molar-refractivity contribution in [3.63, 3.8) is 0 Å². The zero-order valence-corrected chi connectivity index (χ0v) is 26.7. The van der Waals surface area contributed by atoms with Gasteiger partial charge in [0.15, 0.2) is 11.9 Å². The van der Waals surface area contributed by atoms with Gasteiger partial charge in [0.2, 0.25) is 5.78 Å². The molecule has 0 amide bonds. The number of esters is 1. The first-order valence-corrected chi connectivity index (χ1v) is 18.3. The van der Waals surface area contributed by atoms with Gasteiger partial charge in [-0.05, 0) is 93.4 Å². The maximum atomic E-state index is 14.2. The number of ether oxygens (including phenoxy) is 3. The maximum absolute atomic E-state index is 14.2. The Bertz CT molecular complexity index is 1280. The number of benzene rings is 1. The second-order valence-corrected chi connectivity index (χ2v) is 17.5. The lowest BCUT2D eigenvalue weighted by atomic mass is 9.45. The van der Waals surface area contributed by atoms with Crippen LogP contribution < -0.4 is 4.74 Å². The highest BCUT2D eigenvalue weighted by Crippen LogP contribution is 2.64. The fourth-order valence-corrected chi connectivity index (χ4v) is 11.6. The summed E-state index contributed by atoms with van der Waals surface area (Å²) in [6, 6.07) is 7.39. The fourth-order valence-electron chi connectivity index (χ4n) is 8.57. The summed E-state index contributed by atoms with van der Waals surface area (Å²) in [7, 11) is -5.84. The van der Waals surface area contributed by atoms with E-state index in [1.807, 2.05) is 31.2 Å². The minimum absolute atomic E-state index is 0.141. The van der Waals surface area contributed by atoms with Crippen molar-refractivity contribution in [1.82, 2.24) is 0 Å². The van der Waals surface area contributed by atoms with E-state index in [1.54, 1.807) is 0 Å². The summed E-state index contributed by atoms with van der Waals surface area (Å²) in [5.74, 6) is 2.73. The Morgan fingerprint density at radius 3 is 2.26 bits per heavy atom. The van der Waals surface area contributed by atoms with Crippen molar-refractivity contribution in [2.45, 2.75) is 69.8 Å². The lowest BCUT2D eigenvalue weighted by Gasteiger charge is -2.60. The lowest BCUT2D eigenvalue weighted by molar-refractivity contribution is -0.183. The Labute approximate surface area is 255 Å². The van der Waals surface area contributed by atoms with Crippen LogP contribution in [-0.4, -0.2) is 73.2 Å². The van der Waals surface area contributed by atoms with E-state index in [1.165, 1.54) is 0 Å². The molecule has 1 aromatic carbocycles. The van der Waals surface area contributed by atoms with Crippen LogP contribution in [0.3, 0.4) is 0 Å². The Kier molecular flexibility index (Phi) is 9.26. The molecule has 1 aromatic rings. The summed E-state index contributed by atoms with van der Waals surface area (Å²) in [6.07, 6.45) is 4.28. The van der Waals surface area contributed by atoms with Gasteiger partial charge in [0.1, 0.15) is 17.3 Å². The first-order valence-electron chi connectivity index (χ1n) is 15.2. The molecule has 4 aliphatic carbocycles. The molecule has 5 fully saturated rings. The van der Waals surface area contributed by atoms with Gasteiger partial charge in [-0.1, -0.05) is 13.8 Å². The number of rotatable bonds is 12. The number of alkyl halides is 2. The maximum Gasteiger partial charge on any atom is 0.402 e. The van der Waals surface area contributed by atoms with Gasteiger partial charge in [-0.3, -0.25) is 14.1 Å². The van der Waals surface area contributed by atoms with E-state index in [2.05, 4.69) is 13.8 Å². The second-order valence-electron chi connectivity index (χ2n) is 13.6. The van der Waals surface area contributed by atoms with Crippen LogP contribution in [0.4, 0.5) is 8.78 Å². The number of ketones is 1. The van der Waals surface area contributed by atoms with Crippen LogP contribution in [0, 0.1) is 34.5 Å². The van der Waals surface area contributed by atoms with Gasteiger partial charge in [-0.2, -0.15) is 17.2 Å². The van der Waals surface area contributed by atoms with Crippen molar-refractivity contribution in [3.05, 3.63) is 29.8 Å². The number of hydrogen-bond acceptors (Lipinski definition) is 7. The predicted octanol–water partition coefficient (Wildman–Crippen LogP) is 5.17. The molecule has 0 aromatic heterocycles.